The molecule has 2 aromatic heterocycles. The van der Waals surface area contributed by atoms with Crippen molar-refractivity contribution >= 4 is 26.6 Å². The van der Waals surface area contributed by atoms with Crippen molar-refractivity contribution in [2.45, 2.75) is 40.5 Å². The molecule has 2 rings (SSSR count). The Hall–Kier alpha value is -0.310. The largest absolute Gasteiger partial charge is 0.518 e. The van der Waals surface area contributed by atoms with E-state index in [0.717, 1.165) is 0 Å². The summed E-state index contributed by atoms with van der Waals surface area (Å²) in [5.74, 6) is 2.36. The van der Waals surface area contributed by atoms with Gasteiger partial charge in [0.2, 0.25) is 0 Å². The molecule has 0 aromatic carbocycles. The van der Waals surface area contributed by atoms with Crippen LogP contribution in [0.2, 0.25) is 0 Å². The summed E-state index contributed by atoms with van der Waals surface area (Å²) in [4.78, 5) is 0. The number of hydrogen-bond acceptors (Lipinski definition) is 0. The minimum Gasteiger partial charge on any atom is -0.518 e. The van der Waals surface area contributed by atoms with Crippen LogP contribution in [0.5, 0.6) is 0 Å². The van der Waals surface area contributed by atoms with Gasteiger partial charge in [0.1, 0.15) is 0 Å². The van der Waals surface area contributed by atoms with Crippen LogP contribution in [0.15, 0.2) is 5.80 Å². The highest BCUT2D eigenvalue weighted by Gasteiger charge is 2.02. The first-order valence-electron chi connectivity index (χ1n) is 5.59. The molecule has 2 heteroatoms. The van der Waals surface area contributed by atoms with Gasteiger partial charge in [-0.3, -0.25) is 0 Å². The van der Waals surface area contributed by atoms with Crippen molar-refractivity contribution in [3.05, 3.63) is 27.8 Å². The van der Waals surface area contributed by atoms with E-state index in [0.29, 0.717) is 0 Å². The number of hydrogen-bond donors (Lipinski definition) is 0. The molecular weight excluding hydrogens is 218 g/mol. The molecule has 0 aliphatic carbocycles. The topological polar surface area (TPSA) is 0 Å². The van der Waals surface area contributed by atoms with Crippen LogP contribution in [0.1, 0.15) is 35.8 Å². The molecule has 2 aromatic rings. The Morgan fingerprint density at radius 2 is 1.93 bits per heavy atom. The molecule has 0 aliphatic heterocycles. The van der Waals surface area contributed by atoms with Crippen LogP contribution in [-0.2, 0) is 12.8 Å². The molecule has 0 bridgehead atoms. The third-order valence-electron chi connectivity index (χ3n) is 3.13. The third-order valence-corrected chi connectivity index (χ3v) is 6.21. The van der Waals surface area contributed by atoms with E-state index < -0.39 is 0 Å². The SMILES string of the molecule is CCc1[p-]c2c(C)c(C)cpc2c1CC. The molecule has 0 N–H and O–H groups in total. The second-order valence-corrected chi connectivity index (χ2v) is 6.18. The van der Waals surface area contributed by atoms with Gasteiger partial charge in [-0.1, -0.05) is 39.6 Å². The first-order valence-corrected chi connectivity index (χ1v) is 7.45. The standard InChI is InChI=1S/C13H17P2/c1-5-10-11(6-2)15-12-9(4)8(3)7-14-13(10)12/h7H,5-6H2,1-4H3/q-1. The van der Waals surface area contributed by atoms with Crippen LogP contribution in [0.4, 0.5) is 0 Å². The average Bonchev–Trinajstić information content (AvgIpc) is 2.61. The van der Waals surface area contributed by atoms with Crippen molar-refractivity contribution in [1.29, 1.82) is 0 Å². The first-order chi connectivity index (χ1) is 7.19. The first kappa shape index (κ1) is 11.2. The third kappa shape index (κ3) is 1.75. The minimum absolute atomic E-state index is 1.20. The predicted molar refractivity (Wildman–Crippen MR) is 72.8 cm³/mol. The normalized spacial score (nSPS) is 12.3. The predicted octanol–water partition coefficient (Wildman–Crippen LogP) is 5.46. The average molecular weight is 235 g/mol. The maximum atomic E-state index is 2.36. The molecule has 0 fully saturated rings. The Bertz CT molecular complexity index is 495. The van der Waals surface area contributed by atoms with Crippen LogP contribution in [0.25, 0.3) is 10.2 Å². The Kier molecular flexibility index (Phi) is 3.19. The summed E-state index contributed by atoms with van der Waals surface area (Å²) in [6.45, 7) is 9.07. The summed E-state index contributed by atoms with van der Waals surface area (Å²) in [5.41, 5.74) is 4.62. The van der Waals surface area contributed by atoms with Gasteiger partial charge < -0.3 is 8.19 Å². The fourth-order valence-corrected chi connectivity index (χ4v) is 5.13. The van der Waals surface area contributed by atoms with Gasteiger partial charge in [0, 0.05) is 0 Å². The molecular formula is C13H17P2-. The van der Waals surface area contributed by atoms with E-state index in [-0.39, 0.29) is 0 Å². The van der Waals surface area contributed by atoms with Gasteiger partial charge >= 0.3 is 0 Å². The molecule has 15 heavy (non-hydrogen) atoms. The van der Waals surface area contributed by atoms with Crippen molar-refractivity contribution < 1.29 is 0 Å². The van der Waals surface area contributed by atoms with Crippen LogP contribution < -0.4 is 0 Å². The maximum absolute atomic E-state index is 2.36. The summed E-state index contributed by atoms with van der Waals surface area (Å²) >= 11 is 0. The molecule has 0 saturated carbocycles. The fourth-order valence-electron chi connectivity index (χ4n) is 2.04. The number of aryl methyl sites for hydroxylation is 4. The van der Waals surface area contributed by atoms with Crippen molar-refractivity contribution in [3.8, 4) is 0 Å². The fraction of sp³-hybridized carbons (Fsp3) is 0.462. The van der Waals surface area contributed by atoms with Gasteiger partial charge in [-0.25, -0.2) is 5.30 Å². The van der Waals surface area contributed by atoms with Gasteiger partial charge in [0.15, 0.2) is 0 Å². The molecule has 0 spiro atoms. The van der Waals surface area contributed by atoms with Crippen molar-refractivity contribution in [2.75, 3.05) is 0 Å². The lowest BCUT2D eigenvalue weighted by Crippen LogP contribution is -1.82. The summed E-state index contributed by atoms with van der Waals surface area (Å²) in [6, 6.07) is 0. The van der Waals surface area contributed by atoms with Crippen molar-refractivity contribution in [3.63, 3.8) is 0 Å². The zero-order chi connectivity index (χ0) is 11.0. The van der Waals surface area contributed by atoms with E-state index in [1.807, 2.05) is 0 Å². The summed E-state index contributed by atoms with van der Waals surface area (Å²) in [6.07, 6.45) is 2.40. The Morgan fingerprint density at radius 1 is 1.20 bits per heavy atom. The molecule has 0 atom stereocenters. The Labute approximate surface area is 95.3 Å². The van der Waals surface area contributed by atoms with E-state index in [4.69, 9.17) is 0 Å². The van der Waals surface area contributed by atoms with Crippen LogP contribution >= 0.6 is 16.4 Å². The van der Waals surface area contributed by atoms with Gasteiger partial charge in [0.05, 0.1) is 0 Å². The van der Waals surface area contributed by atoms with E-state index in [1.54, 1.807) is 21.1 Å². The second-order valence-electron chi connectivity index (χ2n) is 4.01. The van der Waals surface area contributed by atoms with Crippen molar-refractivity contribution in [1.82, 2.24) is 0 Å². The molecule has 0 amide bonds. The zero-order valence-corrected chi connectivity index (χ0v) is 11.7. The quantitative estimate of drug-likeness (QED) is 0.648. The van der Waals surface area contributed by atoms with E-state index in [1.165, 1.54) is 40.4 Å². The summed E-state index contributed by atoms with van der Waals surface area (Å²) < 4.78 is 0. The van der Waals surface area contributed by atoms with Crippen LogP contribution in [0.3, 0.4) is 0 Å². The lowest BCUT2D eigenvalue weighted by atomic mass is 10.1. The second kappa shape index (κ2) is 4.28. The number of fused-ring (bicyclic) bond motifs is 1. The minimum atomic E-state index is 1.20. The highest BCUT2D eigenvalue weighted by atomic mass is 31.0. The van der Waals surface area contributed by atoms with Crippen molar-refractivity contribution in [2.24, 2.45) is 0 Å². The molecule has 0 unspecified atom stereocenters. The van der Waals surface area contributed by atoms with E-state index in [9.17, 15) is 0 Å². The highest BCUT2D eigenvalue weighted by Crippen LogP contribution is 2.43. The van der Waals surface area contributed by atoms with E-state index >= 15 is 0 Å². The van der Waals surface area contributed by atoms with Crippen LogP contribution in [-0.4, -0.2) is 0 Å². The molecule has 2 heterocycles. The highest BCUT2D eigenvalue weighted by molar-refractivity contribution is 7.44. The van der Waals surface area contributed by atoms with E-state index in [2.05, 4.69) is 33.5 Å². The smallest absolute Gasteiger partial charge is 0.0214 e. The lowest BCUT2D eigenvalue weighted by Gasteiger charge is -2.07. The monoisotopic (exact) mass is 235 g/mol. The maximum Gasteiger partial charge on any atom is -0.0214 e. The van der Waals surface area contributed by atoms with Gasteiger partial charge in [-0.2, -0.15) is 5.12 Å². The number of rotatable bonds is 2. The molecule has 0 saturated heterocycles. The Balaban J connectivity index is 2.82. The van der Waals surface area contributed by atoms with Gasteiger partial charge in [0.25, 0.3) is 0 Å². The van der Waals surface area contributed by atoms with Gasteiger partial charge in [-0.15, -0.1) is 0 Å². The van der Waals surface area contributed by atoms with Gasteiger partial charge in [-0.05, 0) is 36.7 Å². The molecule has 0 nitrogen and oxygen atoms in total. The molecule has 80 valence electrons. The molecule has 0 radical (unpaired) electrons. The Morgan fingerprint density at radius 3 is 2.53 bits per heavy atom. The summed E-state index contributed by atoms with van der Waals surface area (Å²) in [7, 11) is 2.91. The molecule has 0 aliphatic rings. The van der Waals surface area contributed by atoms with Crippen LogP contribution in [0, 0.1) is 13.8 Å². The summed E-state index contributed by atoms with van der Waals surface area (Å²) in [5, 5.41) is 4.86. The zero-order valence-electron chi connectivity index (χ0n) is 9.89. The lowest BCUT2D eigenvalue weighted by molar-refractivity contribution is 1.09.